The minimum Gasteiger partial charge on any atom is -0.478 e. The Kier molecular flexibility index (Phi) is 3.35. The van der Waals surface area contributed by atoms with Crippen LogP contribution in [0.25, 0.3) is 16.3 Å². The number of benzene rings is 2. The third kappa shape index (κ3) is 2.17. The van der Waals surface area contributed by atoms with Crippen LogP contribution in [0.1, 0.15) is 15.9 Å². The Labute approximate surface area is 140 Å². The molecule has 2 atom stereocenters. The fourth-order valence-corrected chi connectivity index (χ4v) is 3.64. The Morgan fingerprint density at radius 2 is 1.79 bits per heavy atom. The van der Waals surface area contributed by atoms with Crippen molar-refractivity contribution in [2.75, 3.05) is 0 Å². The predicted molar refractivity (Wildman–Crippen MR) is 96.4 cm³/mol. The number of nitrogens with two attached hydrogens (primary N) is 1. The summed E-state index contributed by atoms with van der Waals surface area (Å²) in [4.78, 5) is 11.9. The number of hydrogen-bond donors (Lipinski definition) is 2. The highest BCUT2D eigenvalue weighted by Crippen LogP contribution is 2.42. The molecule has 24 heavy (non-hydrogen) atoms. The van der Waals surface area contributed by atoms with Gasteiger partial charge in [-0.25, -0.2) is 4.79 Å². The van der Waals surface area contributed by atoms with E-state index in [4.69, 9.17) is 5.73 Å². The van der Waals surface area contributed by atoms with Crippen LogP contribution in [-0.4, -0.2) is 11.1 Å². The zero-order valence-electron chi connectivity index (χ0n) is 13.0. The van der Waals surface area contributed by atoms with Gasteiger partial charge in [-0.1, -0.05) is 60.7 Å². The van der Waals surface area contributed by atoms with Gasteiger partial charge in [0.05, 0.1) is 5.56 Å². The Balaban J connectivity index is 2.06. The van der Waals surface area contributed by atoms with Gasteiger partial charge in [0.25, 0.3) is 0 Å². The van der Waals surface area contributed by atoms with E-state index < -0.39 is 5.97 Å². The molecule has 0 fully saturated rings. The summed E-state index contributed by atoms with van der Waals surface area (Å²) in [5.74, 6) is -0.667. The molecule has 0 saturated heterocycles. The molecule has 0 aromatic heterocycles. The fraction of sp³-hybridized carbons (Fsp3) is 0.0952. The van der Waals surface area contributed by atoms with Gasteiger partial charge in [0, 0.05) is 23.1 Å². The molecule has 0 aliphatic heterocycles. The molecule has 2 aromatic rings. The topological polar surface area (TPSA) is 63.3 Å². The van der Waals surface area contributed by atoms with Gasteiger partial charge < -0.3 is 10.8 Å². The maximum Gasteiger partial charge on any atom is 0.336 e. The van der Waals surface area contributed by atoms with Crippen molar-refractivity contribution in [2.24, 2.45) is 17.6 Å². The van der Waals surface area contributed by atoms with Crippen molar-refractivity contribution in [2.45, 2.75) is 0 Å². The number of carboxylic acid groups (broad SMARTS) is 1. The Morgan fingerprint density at radius 1 is 1.00 bits per heavy atom. The number of aromatic carboxylic acids is 1. The molecule has 2 aliphatic carbocycles. The van der Waals surface area contributed by atoms with Gasteiger partial charge in [-0.3, -0.25) is 0 Å². The number of allylic oxidation sites excluding steroid dienone is 7. The number of rotatable bonds is 2. The molecule has 3 N–H and O–H groups in total. The highest BCUT2D eigenvalue weighted by Gasteiger charge is 2.30. The molecular formula is C21H17NO2. The average Bonchev–Trinajstić information content (AvgIpc) is 2.61. The zero-order valence-corrected chi connectivity index (χ0v) is 13.0. The second-order valence-electron chi connectivity index (χ2n) is 6.12. The quantitative estimate of drug-likeness (QED) is 0.875. The van der Waals surface area contributed by atoms with Crippen LogP contribution in [0.15, 0.2) is 78.6 Å². The highest BCUT2D eigenvalue weighted by molar-refractivity contribution is 6.05. The maximum atomic E-state index is 11.9. The second-order valence-corrected chi connectivity index (χ2v) is 6.12. The van der Waals surface area contributed by atoms with Crippen molar-refractivity contribution in [1.29, 1.82) is 0 Å². The smallest absolute Gasteiger partial charge is 0.336 e. The molecule has 3 heteroatoms. The maximum absolute atomic E-state index is 11.9. The number of carboxylic acids is 1. The summed E-state index contributed by atoms with van der Waals surface area (Å²) in [7, 11) is 0. The van der Waals surface area contributed by atoms with E-state index in [2.05, 4.69) is 18.2 Å². The van der Waals surface area contributed by atoms with Crippen molar-refractivity contribution in [3.8, 4) is 0 Å². The van der Waals surface area contributed by atoms with E-state index in [1.165, 1.54) is 0 Å². The first-order chi connectivity index (χ1) is 11.7. The number of fused-ring (bicyclic) bond motifs is 2. The van der Waals surface area contributed by atoms with E-state index in [0.717, 1.165) is 21.9 Å². The summed E-state index contributed by atoms with van der Waals surface area (Å²) >= 11 is 0. The lowest BCUT2D eigenvalue weighted by atomic mass is 9.74. The van der Waals surface area contributed by atoms with Crippen molar-refractivity contribution >= 4 is 22.3 Å². The van der Waals surface area contributed by atoms with Crippen molar-refractivity contribution in [1.82, 2.24) is 0 Å². The van der Waals surface area contributed by atoms with Gasteiger partial charge in [0.1, 0.15) is 0 Å². The summed E-state index contributed by atoms with van der Waals surface area (Å²) in [6, 6.07) is 11.4. The first-order valence-corrected chi connectivity index (χ1v) is 7.95. The molecule has 2 unspecified atom stereocenters. The van der Waals surface area contributed by atoms with Gasteiger partial charge in [-0.15, -0.1) is 0 Å². The summed E-state index contributed by atoms with van der Waals surface area (Å²) in [6.07, 6.45) is 12.2. The molecule has 2 aromatic carbocycles. The van der Waals surface area contributed by atoms with Gasteiger partial charge >= 0.3 is 5.97 Å². The van der Waals surface area contributed by atoms with E-state index >= 15 is 0 Å². The minimum atomic E-state index is -0.933. The minimum absolute atomic E-state index is 0.0592. The molecule has 0 spiro atoms. The van der Waals surface area contributed by atoms with Crippen LogP contribution in [0.2, 0.25) is 0 Å². The van der Waals surface area contributed by atoms with E-state index in [-0.39, 0.29) is 11.8 Å². The predicted octanol–water partition coefficient (Wildman–Crippen LogP) is 4.14. The Morgan fingerprint density at radius 3 is 2.62 bits per heavy atom. The van der Waals surface area contributed by atoms with E-state index in [1.54, 1.807) is 6.07 Å². The van der Waals surface area contributed by atoms with E-state index in [1.807, 2.05) is 48.6 Å². The van der Waals surface area contributed by atoms with Crippen molar-refractivity contribution in [3.05, 3.63) is 89.7 Å². The van der Waals surface area contributed by atoms with Crippen LogP contribution < -0.4 is 5.73 Å². The first kappa shape index (κ1) is 14.5. The van der Waals surface area contributed by atoms with Crippen LogP contribution in [0.5, 0.6) is 0 Å². The molecule has 3 nitrogen and oxygen atoms in total. The number of carbonyl (C=O) groups is 1. The standard InChI is InChI=1S/C21H17NO2/c22-18-12-10-14-6-2-4-8-16(14)20(18)19-15-7-3-1-5-13(15)9-11-17(19)21(23)24/h1-12,14,16H,22H2,(H,23,24). The number of hydrogen-bond acceptors (Lipinski definition) is 2. The normalized spacial score (nSPS) is 22.0. The van der Waals surface area contributed by atoms with E-state index in [9.17, 15) is 9.90 Å². The molecule has 0 amide bonds. The van der Waals surface area contributed by atoms with Crippen LogP contribution in [0, 0.1) is 11.8 Å². The average molecular weight is 315 g/mol. The summed E-state index contributed by atoms with van der Waals surface area (Å²) in [6.45, 7) is 0. The molecule has 0 radical (unpaired) electrons. The summed E-state index contributed by atoms with van der Waals surface area (Å²) in [5, 5.41) is 11.7. The Bertz CT molecular complexity index is 963. The SMILES string of the molecule is NC1=C(c2c(C(=O)O)ccc3ccccc23)C2C=CC=CC2C=C1. The van der Waals surface area contributed by atoms with Crippen LogP contribution >= 0.6 is 0 Å². The third-order valence-electron chi connectivity index (χ3n) is 4.75. The fourth-order valence-electron chi connectivity index (χ4n) is 3.64. The largest absolute Gasteiger partial charge is 0.478 e. The van der Waals surface area contributed by atoms with Crippen LogP contribution in [0.3, 0.4) is 0 Å². The van der Waals surface area contributed by atoms with Gasteiger partial charge in [0.2, 0.25) is 0 Å². The van der Waals surface area contributed by atoms with E-state index in [0.29, 0.717) is 11.3 Å². The lowest BCUT2D eigenvalue weighted by molar-refractivity contribution is 0.0696. The molecule has 2 aliphatic rings. The molecule has 4 rings (SSSR count). The lowest BCUT2D eigenvalue weighted by Gasteiger charge is -2.30. The lowest BCUT2D eigenvalue weighted by Crippen LogP contribution is -2.21. The molecule has 118 valence electrons. The first-order valence-electron chi connectivity index (χ1n) is 7.95. The van der Waals surface area contributed by atoms with Gasteiger partial charge in [0.15, 0.2) is 0 Å². The Hall–Kier alpha value is -3.07. The van der Waals surface area contributed by atoms with Crippen molar-refractivity contribution < 1.29 is 9.90 Å². The molecule has 0 bridgehead atoms. The molecule has 0 heterocycles. The highest BCUT2D eigenvalue weighted by atomic mass is 16.4. The molecular weight excluding hydrogens is 298 g/mol. The third-order valence-corrected chi connectivity index (χ3v) is 4.75. The second kappa shape index (κ2) is 5.53. The zero-order chi connectivity index (χ0) is 16.7. The van der Waals surface area contributed by atoms with Gasteiger partial charge in [-0.2, -0.15) is 0 Å². The van der Waals surface area contributed by atoms with Crippen LogP contribution in [0.4, 0.5) is 0 Å². The monoisotopic (exact) mass is 315 g/mol. The summed E-state index contributed by atoms with van der Waals surface area (Å²) in [5.41, 5.74) is 8.88. The summed E-state index contributed by atoms with van der Waals surface area (Å²) < 4.78 is 0. The van der Waals surface area contributed by atoms with Gasteiger partial charge in [-0.05, 0) is 28.5 Å². The van der Waals surface area contributed by atoms with Crippen LogP contribution in [-0.2, 0) is 0 Å². The molecule has 0 saturated carbocycles. The van der Waals surface area contributed by atoms with Crippen molar-refractivity contribution in [3.63, 3.8) is 0 Å².